The van der Waals surface area contributed by atoms with Crippen LogP contribution in [0.5, 0.6) is 0 Å². The van der Waals surface area contributed by atoms with Gasteiger partial charge in [0.1, 0.15) is 5.82 Å². The Labute approximate surface area is 100 Å². The van der Waals surface area contributed by atoms with Gasteiger partial charge in [-0.05, 0) is 31.0 Å². The van der Waals surface area contributed by atoms with Crippen LogP contribution in [0.3, 0.4) is 0 Å². The van der Waals surface area contributed by atoms with Gasteiger partial charge in [0.05, 0.1) is 17.7 Å². The van der Waals surface area contributed by atoms with Crippen molar-refractivity contribution in [1.29, 1.82) is 5.26 Å². The number of benzene rings is 1. The summed E-state index contributed by atoms with van der Waals surface area (Å²) in [4.78, 5) is 1.93. The van der Waals surface area contributed by atoms with Gasteiger partial charge in [0.15, 0.2) is 0 Å². The summed E-state index contributed by atoms with van der Waals surface area (Å²) in [6, 6.07) is 6.33. The Morgan fingerprint density at radius 2 is 2.35 bits per heavy atom. The Balaban J connectivity index is 2.10. The van der Waals surface area contributed by atoms with Gasteiger partial charge in [-0.25, -0.2) is 4.39 Å². The van der Waals surface area contributed by atoms with Gasteiger partial charge in [0, 0.05) is 25.9 Å². The summed E-state index contributed by atoms with van der Waals surface area (Å²) >= 11 is 0. The third kappa shape index (κ3) is 2.95. The van der Waals surface area contributed by atoms with Crippen LogP contribution in [0, 0.1) is 17.1 Å². The van der Waals surface area contributed by atoms with E-state index in [9.17, 15) is 4.39 Å². The molecule has 0 amide bonds. The number of halogens is 1. The highest BCUT2D eigenvalue weighted by molar-refractivity contribution is 5.51. The first-order valence-electron chi connectivity index (χ1n) is 5.72. The lowest BCUT2D eigenvalue weighted by atomic mass is 10.2. The number of rotatable bonds is 3. The monoisotopic (exact) mass is 234 g/mol. The second-order valence-corrected chi connectivity index (χ2v) is 4.33. The fraction of sp³-hybridized carbons (Fsp3) is 0.462. The van der Waals surface area contributed by atoms with Gasteiger partial charge in [-0.15, -0.1) is 0 Å². The smallest absolute Gasteiger partial charge is 0.126 e. The fourth-order valence-corrected chi connectivity index (χ4v) is 2.06. The highest BCUT2D eigenvalue weighted by Gasteiger charge is 2.18. The van der Waals surface area contributed by atoms with Crippen molar-refractivity contribution >= 4 is 5.69 Å². The van der Waals surface area contributed by atoms with E-state index < -0.39 is 0 Å². The summed E-state index contributed by atoms with van der Waals surface area (Å²) in [6.07, 6.45) is 2.35. The normalized spacial score (nSPS) is 19.0. The molecule has 0 aliphatic carbocycles. The molecule has 90 valence electrons. The van der Waals surface area contributed by atoms with Crippen LogP contribution in [0.25, 0.3) is 0 Å². The van der Waals surface area contributed by atoms with Crippen LogP contribution in [0.2, 0.25) is 0 Å². The number of ether oxygens (including phenoxy) is 1. The van der Waals surface area contributed by atoms with E-state index in [0.29, 0.717) is 5.56 Å². The molecule has 3 nitrogen and oxygen atoms in total. The van der Waals surface area contributed by atoms with E-state index in [0.717, 1.165) is 31.7 Å². The third-order valence-corrected chi connectivity index (χ3v) is 2.95. The molecule has 0 N–H and O–H groups in total. The Bertz CT molecular complexity index is 436. The Kier molecular flexibility index (Phi) is 3.60. The minimum absolute atomic E-state index is 0.216. The molecule has 1 unspecified atom stereocenters. The molecule has 1 aliphatic rings. The van der Waals surface area contributed by atoms with Crippen LogP contribution >= 0.6 is 0 Å². The standard InChI is InChI=1S/C13H15FN2O/c1-16(9-13-3-2-4-17-13)12-6-10(8-15)5-11(14)7-12/h5-7,13H,2-4,9H2,1H3. The molecule has 17 heavy (non-hydrogen) atoms. The molecule has 0 saturated carbocycles. The number of nitrogens with zero attached hydrogens (tertiary/aromatic N) is 2. The number of nitriles is 1. The van der Waals surface area contributed by atoms with E-state index in [4.69, 9.17) is 10.00 Å². The second kappa shape index (κ2) is 5.15. The zero-order chi connectivity index (χ0) is 12.3. The van der Waals surface area contributed by atoms with Gasteiger partial charge < -0.3 is 9.64 Å². The number of anilines is 1. The van der Waals surface area contributed by atoms with Crippen molar-refractivity contribution in [3.05, 3.63) is 29.6 Å². The van der Waals surface area contributed by atoms with E-state index in [-0.39, 0.29) is 11.9 Å². The fourth-order valence-electron chi connectivity index (χ4n) is 2.06. The lowest BCUT2D eigenvalue weighted by Crippen LogP contribution is -2.28. The van der Waals surface area contributed by atoms with Crippen LogP contribution in [-0.4, -0.2) is 26.3 Å². The van der Waals surface area contributed by atoms with Crippen LogP contribution < -0.4 is 4.90 Å². The summed E-state index contributed by atoms with van der Waals surface area (Å²) in [5.74, 6) is -0.377. The highest BCUT2D eigenvalue weighted by Crippen LogP contribution is 2.20. The summed E-state index contributed by atoms with van der Waals surface area (Å²) in [7, 11) is 1.89. The maximum absolute atomic E-state index is 13.3. The van der Waals surface area contributed by atoms with Gasteiger partial charge in [-0.3, -0.25) is 0 Å². The average Bonchev–Trinajstić information content (AvgIpc) is 2.81. The van der Waals surface area contributed by atoms with Crippen LogP contribution in [0.4, 0.5) is 10.1 Å². The molecule has 0 bridgehead atoms. The predicted molar refractivity (Wildman–Crippen MR) is 63.4 cm³/mol. The quantitative estimate of drug-likeness (QED) is 0.805. The summed E-state index contributed by atoms with van der Waals surface area (Å²) < 4.78 is 18.8. The van der Waals surface area contributed by atoms with E-state index in [1.165, 1.54) is 12.1 Å². The maximum atomic E-state index is 13.3. The Morgan fingerprint density at radius 3 is 3.00 bits per heavy atom. The molecule has 0 aromatic heterocycles. The molecule has 2 rings (SSSR count). The van der Waals surface area contributed by atoms with Crippen molar-refractivity contribution in [2.45, 2.75) is 18.9 Å². The first-order valence-corrected chi connectivity index (χ1v) is 5.72. The predicted octanol–water partition coefficient (Wildman–Crippen LogP) is 2.31. The van der Waals surface area contributed by atoms with Crippen molar-refractivity contribution in [1.82, 2.24) is 0 Å². The van der Waals surface area contributed by atoms with Crippen molar-refractivity contribution in [2.24, 2.45) is 0 Å². The molecule has 4 heteroatoms. The van der Waals surface area contributed by atoms with Crippen LogP contribution in [-0.2, 0) is 4.74 Å². The third-order valence-electron chi connectivity index (χ3n) is 2.95. The van der Waals surface area contributed by atoms with Crippen LogP contribution in [0.1, 0.15) is 18.4 Å². The first-order chi connectivity index (χ1) is 8.19. The summed E-state index contributed by atoms with van der Waals surface area (Å²) in [5, 5.41) is 8.79. The van der Waals surface area contributed by atoms with E-state index in [1.807, 2.05) is 18.0 Å². The number of likely N-dealkylation sites (N-methyl/N-ethyl adjacent to an activating group) is 1. The van der Waals surface area contributed by atoms with Crippen molar-refractivity contribution in [3.8, 4) is 6.07 Å². The molecule has 0 radical (unpaired) electrons. The largest absolute Gasteiger partial charge is 0.376 e. The summed E-state index contributed by atoms with van der Waals surface area (Å²) in [5.41, 5.74) is 1.07. The molecule has 1 heterocycles. The lowest BCUT2D eigenvalue weighted by Gasteiger charge is -2.22. The highest BCUT2D eigenvalue weighted by atomic mass is 19.1. The van der Waals surface area contributed by atoms with Gasteiger partial charge in [0.25, 0.3) is 0 Å². The molecule has 1 atom stereocenters. The lowest BCUT2D eigenvalue weighted by molar-refractivity contribution is 0.116. The Hall–Kier alpha value is -1.60. The van der Waals surface area contributed by atoms with Crippen LogP contribution in [0.15, 0.2) is 18.2 Å². The van der Waals surface area contributed by atoms with Gasteiger partial charge in [-0.1, -0.05) is 0 Å². The summed E-state index contributed by atoms with van der Waals surface area (Å²) in [6.45, 7) is 1.54. The van der Waals surface area contributed by atoms with Gasteiger partial charge in [-0.2, -0.15) is 5.26 Å². The average molecular weight is 234 g/mol. The minimum Gasteiger partial charge on any atom is -0.376 e. The zero-order valence-corrected chi connectivity index (χ0v) is 9.82. The van der Waals surface area contributed by atoms with Crippen molar-refractivity contribution in [3.63, 3.8) is 0 Å². The molecule has 0 spiro atoms. The molecule has 1 aromatic carbocycles. The zero-order valence-electron chi connectivity index (χ0n) is 9.82. The number of hydrogen-bond donors (Lipinski definition) is 0. The second-order valence-electron chi connectivity index (χ2n) is 4.33. The molecule has 1 aliphatic heterocycles. The minimum atomic E-state index is -0.377. The topological polar surface area (TPSA) is 36.3 Å². The molecule has 1 fully saturated rings. The van der Waals surface area contributed by atoms with E-state index in [2.05, 4.69) is 0 Å². The van der Waals surface area contributed by atoms with Gasteiger partial charge in [0.2, 0.25) is 0 Å². The molecular formula is C13H15FN2O. The maximum Gasteiger partial charge on any atom is 0.126 e. The molecule has 1 saturated heterocycles. The molecule has 1 aromatic rings. The van der Waals surface area contributed by atoms with Crippen molar-refractivity contribution in [2.75, 3.05) is 25.1 Å². The molecular weight excluding hydrogens is 219 g/mol. The Morgan fingerprint density at radius 1 is 1.53 bits per heavy atom. The van der Waals surface area contributed by atoms with E-state index in [1.54, 1.807) is 6.07 Å². The van der Waals surface area contributed by atoms with Gasteiger partial charge >= 0.3 is 0 Å². The number of hydrogen-bond acceptors (Lipinski definition) is 3. The first kappa shape index (κ1) is 11.9. The van der Waals surface area contributed by atoms with E-state index >= 15 is 0 Å². The van der Waals surface area contributed by atoms with Crippen molar-refractivity contribution < 1.29 is 9.13 Å². The SMILES string of the molecule is CN(CC1CCCO1)c1cc(F)cc(C#N)c1.